The topological polar surface area (TPSA) is 55.5 Å². The number of benzene rings is 1. The number of rotatable bonds is 4. The number of hydrogen-bond acceptors (Lipinski definition) is 3. The highest BCUT2D eigenvalue weighted by Gasteiger charge is 2.36. The first-order valence-corrected chi connectivity index (χ1v) is 10.3. The van der Waals surface area contributed by atoms with Crippen molar-refractivity contribution in [1.29, 1.82) is 0 Å². The van der Waals surface area contributed by atoms with Gasteiger partial charge in [0.05, 0.1) is 0 Å². The molecule has 0 N–H and O–H groups in total. The molecule has 2 unspecified atom stereocenters. The van der Waals surface area contributed by atoms with Gasteiger partial charge in [0.15, 0.2) is 0 Å². The van der Waals surface area contributed by atoms with Crippen LogP contribution in [-0.4, -0.2) is 28.5 Å². The van der Waals surface area contributed by atoms with E-state index in [1.165, 1.54) is 0 Å². The Hall–Kier alpha value is -3.08. The van der Waals surface area contributed by atoms with Crippen molar-refractivity contribution in [3.8, 4) is 11.3 Å². The molecule has 0 aliphatic carbocycles. The zero-order valence-corrected chi connectivity index (χ0v) is 16.3. The summed E-state index contributed by atoms with van der Waals surface area (Å²) in [5, 5.41) is 0. The average molecular weight is 388 g/mol. The number of carbonyl (C=O) groups excluding carboxylic acids is 1. The number of aryl methyl sites for hydroxylation is 1. The van der Waals surface area contributed by atoms with Crippen molar-refractivity contribution in [3.63, 3.8) is 0 Å². The fraction of sp³-hybridized carbons (Fsp3) is 0.333. The number of pyridine rings is 1. The number of carbonyl (C=O) groups is 1. The molecule has 4 heterocycles. The quantitative estimate of drug-likeness (QED) is 0.685. The SMILES string of the molecule is O=C(CCc1ccc(-c2ccccc2)o1)N1CC2CC(C1)c1cccc(=O)n1C2. The van der Waals surface area contributed by atoms with Gasteiger partial charge in [0.25, 0.3) is 5.56 Å². The van der Waals surface area contributed by atoms with E-state index in [1.54, 1.807) is 6.07 Å². The number of fused-ring (bicyclic) bond motifs is 4. The normalized spacial score (nSPS) is 20.3. The van der Waals surface area contributed by atoms with Crippen molar-refractivity contribution < 1.29 is 9.21 Å². The van der Waals surface area contributed by atoms with Crippen LogP contribution in [0.15, 0.2) is 69.9 Å². The monoisotopic (exact) mass is 388 g/mol. The van der Waals surface area contributed by atoms with E-state index in [2.05, 4.69) is 0 Å². The standard InChI is InChI=1S/C24H24N2O3/c27-23(12-10-20-9-11-22(29-20)18-5-2-1-3-6-18)25-14-17-13-19(16-25)21-7-4-8-24(28)26(21)15-17/h1-9,11,17,19H,10,12-16H2. The second kappa shape index (κ2) is 7.39. The molecule has 1 fully saturated rings. The summed E-state index contributed by atoms with van der Waals surface area (Å²) < 4.78 is 7.83. The van der Waals surface area contributed by atoms with Crippen LogP contribution in [0, 0.1) is 5.92 Å². The predicted octanol–water partition coefficient (Wildman–Crippen LogP) is 3.69. The van der Waals surface area contributed by atoms with Gasteiger partial charge in [0.2, 0.25) is 5.91 Å². The average Bonchev–Trinajstić information content (AvgIpc) is 3.22. The zero-order chi connectivity index (χ0) is 19.8. The molecule has 3 aromatic rings. The molecule has 1 aromatic carbocycles. The maximum absolute atomic E-state index is 12.9. The largest absolute Gasteiger partial charge is 0.461 e. The van der Waals surface area contributed by atoms with Gasteiger partial charge in [-0.1, -0.05) is 36.4 Å². The van der Waals surface area contributed by atoms with Gasteiger partial charge in [-0.3, -0.25) is 9.59 Å². The lowest BCUT2D eigenvalue weighted by Gasteiger charge is -2.42. The Bertz CT molecular complexity index is 1080. The summed E-state index contributed by atoms with van der Waals surface area (Å²) in [4.78, 5) is 27.0. The van der Waals surface area contributed by atoms with E-state index in [9.17, 15) is 9.59 Å². The summed E-state index contributed by atoms with van der Waals surface area (Å²) in [6.45, 7) is 2.16. The summed E-state index contributed by atoms with van der Waals surface area (Å²) in [6, 6.07) is 19.4. The number of hydrogen-bond donors (Lipinski definition) is 0. The van der Waals surface area contributed by atoms with Gasteiger partial charge >= 0.3 is 0 Å². The number of piperidine rings is 1. The van der Waals surface area contributed by atoms with E-state index >= 15 is 0 Å². The lowest BCUT2D eigenvalue weighted by atomic mass is 9.83. The number of amides is 1. The van der Waals surface area contributed by atoms with Crippen molar-refractivity contribution in [3.05, 3.63) is 82.5 Å². The summed E-state index contributed by atoms with van der Waals surface area (Å²) in [7, 11) is 0. The minimum atomic E-state index is 0.0732. The summed E-state index contributed by atoms with van der Waals surface area (Å²) in [5.41, 5.74) is 2.19. The van der Waals surface area contributed by atoms with Crippen LogP contribution >= 0.6 is 0 Å². The van der Waals surface area contributed by atoms with E-state index in [1.807, 2.05) is 64.1 Å². The van der Waals surface area contributed by atoms with Crippen molar-refractivity contribution >= 4 is 5.91 Å². The summed E-state index contributed by atoms with van der Waals surface area (Å²) in [6.07, 6.45) is 2.11. The van der Waals surface area contributed by atoms with Crippen LogP contribution < -0.4 is 5.56 Å². The Kier molecular flexibility index (Phi) is 4.58. The van der Waals surface area contributed by atoms with Crippen LogP contribution in [-0.2, 0) is 17.8 Å². The van der Waals surface area contributed by atoms with Crippen molar-refractivity contribution in [2.45, 2.75) is 31.7 Å². The van der Waals surface area contributed by atoms with Gasteiger partial charge in [-0.05, 0) is 30.5 Å². The first-order valence-electron chi connectivity index (χ1n) is 10.3. The molecule has 0 radical (unpaired) electrons. The predicted molar refractivity (Wildman–Crippen MR) is 111 cm³/mol. The van der Waals surface area contributed by atoms with Crippen LogP contribution in [0.4, 0.5) is 0 Å². The molecule has 1 amide bonds. The maximum Gasteiger partial charge on any atom is 0.250 e. The summed E-state index contributed by atoms with van der Waals surface area (Å²) in [5.74, 6) is 2.46. The van der Waals surface area contributed by atoms with E-state index in [4.69, 9.17) is 4.42 Å². The molecule has 2 aliphatic heterocycles. The second-order valence-corrected chi connectivity index (χ2v) is 8.13. The van der Waals surface area contributed by atoms with Gasteiger partial charge in [0, 0.05) is 55.7 Å². The lowest BCUT2D eigenvalue weighted by Crippen LogP contribution is -2.49. The number of nitrogens with zero attached hydrogens (tertiary/aromatic N) is 2. The molecule has 0 spiro atoms. The Morgan fingerprint density at radius 1 is 0.966 bits per heavy atom. The minimum Gasteiger partial charge on any atom is -0.461 e. The molecule has 0 saturated carbocycles. The molecule has 2 aliphatic rings. The maximum atomic E-state index is 12.9. The second-order valence-electron chi connectivity index (χ2n) is 8.13. The van der Waals surface area contributed by atoms with Gasteiger partial charge in [-0.2, -0.15) is 0 Å². The molecular formula is C24H24N2O3. The van der Waals surface area contributed by atoms with Crippen LogP contribution in [0.25, 0.3) is 11.3 Å². The fourth-order valence-electron chi connectivity index (χ4n) is 4.76. The van der Waals surface area contributed by atoms with Crippen LogP contribution in [0.1, 0.15) is 30.2 Å². The molecule has 5 heteroatoms. The highest BCUT2D eigenvalue weighted by molar-refractivity contribution is 5.76. The van der Waals surface area contributed by atoms with E-state index in [0.29, 0.717) is 31.8 Å². The molecule has 29 heavy (non-hydrogen) atoms. The highest BCUT2D eigenvalue weighted by Crippen LogP contribution is 2.35. The van der Waals surface area contributed by atoms with Crippen molar-refractivity contribution in [1.82, 2.24) is 9.47 Å². The van der Waals surface area contributed by atoms with Gasteiger partial charge in [-0.15, -0.1) is 0 Å². The third-order valence-corrected chi connectivity index (χ3v) is 6.14. The van der Waals surface area contributed by atoms with E-state index in [0.717, 1.165) is 35.7 Å². The minimum absolute atomic E-state index is 0.0732. The molecule has 2 aromatic heterocycles. The highest BCUT2D eigenvalue weighted by atomic mass is 16.3. The van der Waals surface area contributed by atoms with Gasteiger partial charge in [0.1, 0.15) is 11.5 Å². The van der Waals surface area contributed by atoms with Crippen LogP contribution in [0.5, 0.6) is 0 Å². The molecule has 2 bridgehead atoms. The van der Waals surface area contributed by atoms with E-state index < -0.39 is 0 Å². The first kappa shape index (κ1) is 18.0. The molecule has 5 rings (SSSR count). The molecule has 1 saturated heterocycles. The van der Waals surface area contributed by atoms with Gasteiger partial charge in [-0.25, -0.2) is 0 Å². The van der Waals surface area contributed by atoms with Crippen LogP contribution in [0.2, 0.25) is 0 Å². The third kappa shape index (κ3) is 3.53. The fourth-order valence-corrected chi connectivity index (χ4v) is 4.76. The molecule has 148 valence electrons. The smallest absolute Gasteiger partial charge is 0.250 e. The lowest BCUT2D eigenvalue weighted by molar-refractivity contribution is -0.134. The van der Waals surface area contributed by atoms with Crippen molar-refractivity contribution in [2.75, 3.05) is 13.1 Å². The zero-order valence-electron chi connectivity index (χ0n) is 16.3. The summed E-state index contributed by atoms with van der Waals surface area (Å²) >= 11 is 0. The third-order valence-electron chi connectivity index (χ3n) is 6.14. The molecular weight excluding hydrogens is 364 g/mol. The Morgan fingerprint density at radius 2 is 1.83 bits per heavy atom. The number of furan rings is 1. The Morgan fingerprint density at radius 3 is 2.69 bits per heavy atom. The Labute approximate surface area is 169 Å². The van der Waals surface area contributed by atoms with E-state index in [-0.39, 0.29) is 17.4 Å². The van der Waals surface area contributed by atoms with Crippen LogP contribution in [0.3, 0.4) is 0 Å². The number of likely N-dealkylation sites (tertiary alicyclic amines) is 1. The van der Waals surface area contributed by atoms with Gasteiger partial charge < -0.3 is 13.9 Å². The number of aromatic nitrogens is 1. The van der Waals surface area contributed by atoms with Crippen molar-refractivity contribution in [2.24, 2.45) is 5.92 Å². The Balaban J connectivity index is 1.24. The molecule has 5 nitrogen and oxygen atoms in total. The molecule has 2 atom stereocenters. The first-order chi connectivity index (χ1) is 14.2.